The summed E-state index contributed by atoms with van der Waals surface area (Å²) < 4.78 is 2.52. The first-order valence-corrected chi connectivity index (χ1v) is 9.25. The number of benzene rings is 1. The molecule has 3 aromatic rings. The van der Waals surface area contributed by atoms with Gasteiger partial charge in [-0.2, -0.15) is 10.2 Å². The van der Waals surface area contributed by atoms with Crippen LogP contribution >= 0.6 is 15.9 Å². The van der Waals surface area contributed by atoms with Gasteiger partial charge in [0.25, 0.3) is 5.91 Å². The molecule has 0 radical (unpaired) electrons. The van der Waals surface area contributed by atoms with E-state index in [-0.39, 0.29) is 17.6 Å². The summed E-state index contributed by atoms with van der Waals surface area (Å²) in [6.07, 6.45) is 3.32. The molecule has 0 saturated heterocycles. The molecule has 138 valence electrons. The fourth-order valence-corrected chi connectivity index (χ4v) is 3.26. The molecule has 0 saturated carbocycles. The fraction of sp³-hybridized carbons (Fsp3) is 0.263. The summed E-state index contributed by atoms with van der Waals surface area (Å²) in [5.41, 5.74) is 4.49. The fourth-order valence-electron chi connectivity index (χ4n) is 2.86. The van der Waals surface area contributed by atoms with E-state index in [2.05, 4.69) is 31.3 Å². The summed E-state index contributed by atoms with van der Waals surface area (Å²) in [5, 5.41) is 11.6. The molecule has 7 nitrogen and oxygen atoms in total. The van der Waals surface area contributed by atoms with Crippen molar-refractivity contribution in [3.8, 4) is 6.07 Å². The number of rotatable bonds is 5. The van der Waals surface area contributed by atoms with Crippen molar-refractivity contribution in [3.05, 3.63) is 52.5 Å². The standard InChI is InChI=1S/C19H19BrN6O/c1-12(2)10-26(18-15(20)9-22-17(8-21)23-18)24-19(27)14-11-25(3)16-7-5-4-6-13(14)16/h4-7,9,11-12H,10H2,1-3H3,(H,24,27). The van der Waals surface area contributed by atoms with Crippen LogP contribution < -0.4 is 10.4 Å². The van der Waals surface area contributed by atoms with Crippen molar-refractivity contribution in [3.63, 3.8) is 0 Å². The molecule has 2 heterocycles. The predicted octanol–water partition coefficient (Wildman–Crippen LogP) is 3.41. The Kier molecular flexibility index (Phi) is 5.42. The molecule has 1 N–H and O–H groups in total. The zero-order chi connectivity index (χ0) is 19.6. The number of hydrogen-bond donors (Lipinski definition) is 1. The number of carbonyl (C=O) groups excluding carboxylic acids is 1. The number of halogens is 1. The molecule has 1 aromatic carbocycles. The Morgan fingerprint density at radius 1 is 1.41 bits per heavy atom. The topological polar surface area (TPSA) is 86.8 Å². The molecular weight excluding hydrogens is 408 g/mol. The van der Waals surface area contributed by atoms with E-state index in [0.29, 0.717) is 22.4 Å². The molecule has 3 rings (SSSR count). The number of amides is 1. The number of aryl methyl sites for hydroxylation is 1. The van der Waals surface area contributed by atoms with Gasteiger partial charge in [-0.3, -0.25) is 15.2 Å². The highest BCUT2D eigenvalue weighted by Crippen LogP contribution is 2.24. The Balaban J connectivity index is 1.97. The van der Waals surface area contributed by atoms with Crippen molar-refractivity contribution in [2.45, 2.75) is 13.8 Å². The molecule has 0 spiro atoms. The maximum absolute atomic E-state index is 13.0. The lowest BCUT2D eigenvalue weighted by Crippen LogP contribution is -2.45. The molecule has 27 heavy (non-hydrogen) atoms. The molecule has 0 aliphatic rings. The number of nitriles is 1. The summed E-state index contributed by atoms with van der Waals surface area (Å²) in [6, 6.07) is 9.67. The van der Waals surface area contributed by atoms with Gasteiger partial charge in [0, 0.05) is 36.9 Å². The van der Waals surface area contributed by atoms with Gasteiger partial charge in [0.05, 0.1) is 10.0 Å². The molecule has 0 fully saturated rings. The van der Waals surface area contributed by atoms with Crippen LogP contribution in [0, 0.1) is 17.2 Å². The van der Waals surface area contributed by atoms with Gasteiger partial charge in [0.2, 0.25) is 5.82 Å². The number of para-hydroxylation sites is 1. The van der Waals surface area contributed by atoms with E-state index < -0.39 is 0 Å². The third-order valence-electron chi connectivity index (χ3n) is 4.01. The molecule has 0 bridgehead atoms. The summed E-state index contributed by atoms with van der Waals surface area (Å²) in [5.74, 6) is 0.506. The minimum absolute atomic E-state index is 0.0429. The first-order valence-electron chi connectivity index (χ1n) is 8.46. The Morgan fingerprint density at radius 2 is 2.15 bits per heavy atom. The van der Waals surface area contributed by atoms with Crippen LogP contribution in [0.3, 0.4) is 0 Å². The number of carbonyl (C=O) groups is 1. The molecule has 2 aromatic heterocycles. The molecule has 1 amide bonds. The molecular formula is C19H19BrN6O. The summed E-state index contributed by atoms with van der Waals surface area (Å²) in [7, 11) is 1.91. The van der Waals surface area contributed by atoms with E-state index >= 15 is 0 Å². The number of nitrogens with zero attached hydrogens (tertiary/aromatic N) is 5. The Bertz CT molecular complexity index is 1040. The molecule has 8 heteroatoms. The van der Waals surface area contributed by atoms with Crippen LogP contribution in [0.1, 0.15) is 30.0 Å². The van der Waals surface area contributed by atoms with Gasteiger partial charge >= 0.3 is 0 Å². The van der Waals surface area contributed by atoms with Crippen LogP contribution in [-0.4, -0.2) is 27.0 Å². The normalized spacial score (nSPS) is 10.8. The van der Waals surface area contributed by atoms with Crippen LogP contribution in [0.2, 0.25) is 0 Å². The quantitative estimate of drug-likeness (QED) is 0.631. The maximum atomic E-state index is 13.0. The van der Waals surface area contributed by atoms with Crippen LogP contribution in [0.4, 0.5) is 5.82 Å². The number of anilines is 1. The van der Waals surface area contributed by atoms with Crippen molar-refractivity contribution < 1.29 is 4.79 Å². The first-order chi connectivity index (χ1) is 12.9. The van der Waals surface area contributed by atoms with E-state index in [0.717, 1.165) is 10.9 Å². The second-order valence-electron chi connectivity index (χ2n) is 6.59. The van der Waals surface area contributed by atoms with Crippen molar-refractivity contribution in [1.29, 1.82) is 5.26 Å². The molecule has 0 aliphatic carbocycles. The van der Waals surface area contributed by atoms with Gasteiger partial charge in [0.15, 0.2) is 5.82 Å². The highest BCUT2D eigenvalue weighted by Gasteiger charge is 2.20. The average molecular weight is 427 g/mol. The van der Waals surface area contributed by atoms with Crippen molar-refractivity contribution >= 4 is 38.6 Å². The van der Waals surface area contributed by atoms with E-state index in [1.54, 1.807) is 5.01 Å². The SMILES string of the molecule is CC(C)CN(NC(=O)c1cn(C)c2ccccc12)c1nc(C#N)ncc1Br. The Labute approximate surface area is 165 Å². The highest BCUT2D eigenvalue weighted by atomic mass is 79.9. The van der Waals surface area contributed by atoms with Gasteiger partial charge in [-0.25, -0.2) is 4.98 Å². The monoisotopic (exact) mass is 426 g/mol. The zero-order valence-electron chi connectivity index (χ0n) is 15.3. The largest absolute Gasteiger partial charge is 0.350 e. The minimum Gasteiger partial charge on any atom is -0.350 e. The van der Waals surface area contributed by atoms with Crippen molar-refractivity contribution in [2.24, 2.45) is 13.0 Å². The summed E-state index contributed by atoms with van der Waals surface area (Å²) in [6.45, 7) is 4.60. The Hall–Kier alpha value is -2.92. The summed E-state index contributed by atoms with van der Waals surface area (Å²) >= 11 is 3.41. The van der Waals surface area contributed by atoms with Gasteiger partial charge in [-0.15, -0.1) is 0 Å². The number of fused-ring (bicyclic) bond motifs is 1. The lowest BCUT2D eigenvalue weighted by Gasteiger charge is -2.26. The third-order valence-corrected chi connectivity index (χ3v) is 4.57. The van der Waals surface area contributed by atoms with Crippen LogP contribution in [-0.2, 0) is 7.05 Å². The van der Waals surface area contributed by atoms with Crippen molar-refractivity contribution in [2.75, 3.05) is 11.6 Å². The van der Waals surface area contributed by atoms with E-state index in [1.807, 2.05) is 62.0 Å². The van der Waals surface area contributed by atoms with Gasteiger partial charge in [0.1, 0.15) is 6.07 Å². The third kappa shape index (κ3) is 3.93. The second-order valence-corrected chi connectivity index (χ2v) is 7.45. The van der Waals surface area contributed by atoms with Gasteiger partial charge in [-0.05, 0) is 27.9 Å². The Morgan fingerprint density at radius 3 is 2.85 bits per heavy atom. The van der Waals surface area contributed by atoms with Gasteiger partial charge in [-0.1, -0.05) is 32.0 Å². The second kappa shape index (κ2) is 7.76. The number of nitrogens with one attached hydrogen (secondary N) is 1. The summed E-state index contributed by atoms with van der Waals surface area (Å²) in [4.78, 5) is 21.2. The van der Waals surface area contributed by atoms with E-state index in [9.17, 15) is 4.79 Å². The van der Waals surface area contributed by atoms with E-state index in [1.165, 1.54) is 6.20 Å². The average Bonchev–Trinajstić information content (AvgIpc) is 2.98. The lowest BCUT2D eigenvalue weighted by atomic mass is 10.1. The lowest BCUT2D eigenvalue weighted by molar-refractivity contribution is 0.0948. The molecule has 0 aliphatic heterocycles. The van der Waals surface area contributed by atoms with Crippen LogP contribution in [0.5, 0.6) is 0 Å². The van der Waals surface area contributed by atoms with Crippen LogP contribution in [0.25, 0.3) is 10.9 Å². The number of aromatic nitrogens is 3. The number of hydrazine groups is 1. The smallest absolute Gasteiger partial charge is 0.272 e. The molecule has 0 unspecified atom stereocenters. The molecule has 0 atom stereocenters. The first kappa shape index (κ1) is 18.9. The number of hydrogen-bond acceptors (Lipinski definition) is 5. The van der Waals surface area contributed by atoms with E-state index in [4.69, 9.17) is 5.26 Å². The van der Waals surface area contributed by atoms with Crippen LogP contribution in [0.15, 0.2) is 41.1 Å². The maximum Gasteiger partial charge on any atom is 0.272 e. The van der Waals surface area contributed by atoms with Crippen molar-refractivity contribution in [1.82, 2.24) is 20.0 Å². The minimum atomic E-state index is -0.239. The predicted molar refractivity (Wildman–Crippen MR) is 107 cm³/mol. The van der Waals surface area contributed by atoms with Gasteiger partial charge < -0.3 is 4.57 Å². The highest BCUT2D eigenvalue weighted by molar-refractivity contribution is 9.10. The zero-order valence-corrected chi connectivity index (χ0v) is 16.9.